The predicted molar refractivity (Wildman–Crippen MR) is 50.4 cm³/mol. The molecule has 0 amide bonds. The summed E-state index contributed by atoms with van der Waals surface area (Å²) in [6.45, 7) is 9.68. The summed E-state index contributed by atoms with van der Waals surface area (Å²) in [7, 11) is 0. The molecule has 0 aromatic heterocycles. The van der Waals surface area contributed by atoms with Gasteiger partial charge in [-0.25, -0.2) is 5.43 Å². The van der Waals surface area contributed by atoms with Gasteiger partial charge in [-0.1, -0.05) is 34.6 Å². The number of hydrogen-bond acceptors (Lipinski definition) is 3. The minimum absolute atomic E-state index is 0.167. The van der Waals surface area contributed by atoms with Crippen molar-refractivity contribution in [1.29, 1.82) is 0 Å². The van der Waals surface area contributed by atoms with Gasteiger partial charge in [-0.2, -0.15) is 0 Å². The van der Waals surface area contributed by atoms with E-state index in [2.05, 4.69) is 5.43 Å². The molecule has 0 saturated heterocycles. The van der Waals surface area contributed by atoms with E-state index in [-0.39, 0.29) is 23.2 Å². The van der Waals surface area contributed by atoms with Gasteiger partial charge in [0.1, 0.15) is 0 Å². The van der Waals surface area contributed by atoms with E-state index in [1.54, 1.807) is 0 Å². The van der Waals surface area contributed by atoms with E-state index in [4.69, 9.17) is 5.84 Å². The van der Waals surface area contributed by atoms with Crippen molar-refractivity contribution in [1.82, 2.24) is 5.43 Å². The van der Waals surface area contributed by atoms with Crippen molar-refractivity contribution in [3.63, 3.8) is 0 Å². The number of carbonyl (C=O) groups excluding carboxylic acids is 1. The Morgan fingerprint density at radius 2 is 1.75 bits per heavy atom. The highest BCUT2D eigenvalue weighted by atomic mass is 16.1. The van der Waals surface area contributed by atoms with Crippen LogP contribution in [-0.4, -0.2) is 11.8 Å². The molecule has 0 aliphatic carbocycles. The largest absolute Gasteiger partial charge is 0.297 e. The van der Waals surface area contributed by atoms with Crippen LogP contribution < -0.4 is 11.3 Å². The number of nitrogens with two attached hydrogens (primary N) is 1. The highest BCUT2D eigenvalue weighted by Crippen LogP contribution is 2.19. The first-order valence-electron chi connectivity index (χ1n) is 4.31. The SMILES string of the molecule is CC(C)[C@H](NN)C(=O)C(C)(C)C. The summed E-state index contributed by atoms with van der Waals surface area (Å²) in [6.07, 6.45) is 0. The molecule has 0 spiro atoms. The zero-order valence-corrected chi connectivity index (χ0v) is 8.64. The van der Waals surface area contributed by atoms with Crippen LogP contribution in [0.3, 0.4) is 0 Å². The smallest absolute Gasteiger partial charge is 0.156 e. The van der Waals surface area contributed by atoms with Crippen LogP contribution >= 0.6 is 0 Å². The van der Waals surface area contributed by atoms with E-state index in [1.807, 2.05) is 34.6 Å². The van der Waals surface area contributed by atoms with Gasteiger partial charge in [0.2, 0.25) is 0 Å². The zero-order valence-electron chi connectivity index (χ0n) is 8.64. The topological polar surface area (TPSA) is 55.1 Å². The van der Waals surface area contributed by atoms with Crippen molar-refractivity contribution in [2.24, 2.45) is 17.2 Å². The van der Waals surface area contributed by atoms with Crippen molar-refractivity contribution < 1.29 is 4.79 Å². The van der Waals surface area contributed by atoms with Gasteiger partial charge < -0.3 is 0 Å². The summed E-state index contributed by atoms with van der Waals surface area (Å²) in [5, 5.41) is 0. The van der Waals surface area contributed by atoms with Gasteiger partial charge in [-0.05, 0) is 5.92 Å². The summed E-state index contributed by atoms with van der Waals surface area (Å²) in [4.78, 5) is 11.7. The third-order valence-corrected chi connectivity index (χ3v) is 1.87. The van der Waals surface area contributed by atoms with Crippen LogP contribution in [0.1, 0.15) is 34.6 Å². The van der Waals surface area contributed by atoms with E-state index in [1.165, 1.54) is 0 Å². The summed E-state index contributed by atoms with van der Waals surface area (Å²) in [6, 6.07) is -0.231. The Kier molecular flexibility index (Phi) is 3.87. The minimum Gasteiger partial charge on any atom is -0.297 e. The number of carbonyl (C=O) groups is 1. The average molecular weight is 172 g/mol. The van der Waals surface area contributed by atoms with Crippen molar-refractivity contribution in [2.75, 3.05) is 0 Å². The number of hydrogen-bond donors (Lipinski definition) is 2. The van der Waals surface area contributed by atoms with Gasteiger partial charge in [-0.3, -0.25) is 10.6 Å². The van der Waals surface area contributed by atoms with Gasteiger partial charge in [0.05, 0.1) is 6.04 Å². The second-order valence-electron chi connectivity index (χ2n) is 4.50. The van der Waals surface area contributed by atoms with Crippen molar-refractivity contribution >= 4 is 5.78 Å². The van der Waals surface area contributed by atoms with Gasteiger partial charge in [0.25, 0.3) is 0 Å². The molecule has 0 unspecified atom stereocenters. The molecule has 72 valence electrons. The van der Waals surface area contributed by atoms with Gasteiger partial charge in [0, 0.05) is 5.41 Å². The average Bonchev–Trinajstić information content (AvgIpc) is 1.86. The number of rotatable bonds is 3. The molecule has 0 heterocycles. The lowest BCUT2D eigenvalue weighted by atomic mass is 9.83. The van der Waals surface area contributed by atoms with E-state index in [0.717, 1.165) is 0 Å². The van der Waals surface area contributed by atoms with Crippen LogP contribution in [0.15, 0.2) is 0 Å². The first-order valence-corrected chi connectivity index (χ1v) is 4.31. The Morgan fingerprint density at radius 1 is 1.33 bits per heavy atom. The second kappa shape index (κ2) is 4.01. The Labute approximate surface area is 74.7 Å². The molecule has 0 fully saturated rings. The molecule has 0 saturated carbocycles. The fourth-order valence-corrected chi connectivity index (χ4v) is 1.04. The van der Waals surface area contributed by atoms with Crippen molar-refractivity contribution in [3.8, 4) is 0 Å². The molecular weight excluding hydrogens is 152 g/mol. The molecule has 12 heavy (non-hydrogen) atoms. The quantitative estimate of drug-likeness (QED) is 0.495. The molecule has 3 heteroatoms. The lowest BCUT2D eigenvalue weighted by Gasteiger charge is -2.26. The number of ketones is 1. The molecule has 1 atom stereocenters. The lowest BCUT2D eigenvalue weighted by molar-refractivity contribution is -0.129. The van der Waals surface area contributed by atoms with Crippen molar-refractivity contribution in [3.05, 3.63) is 0 Å². The summed E-state index contributed by atoms with van der Waals surface area (Å²) >= 11 is 0. The summed E-state index contributed by atoms with van der Waals surface area (Å²) < 4.78 is 0. The molecule has 0 aromatic rings. The van der Waals surface area contributed by atoms with Gasteiger partial charge >= 0.3 is 0 Å². The minimum atomic E-state index is -0.318. The standard InChI is InChI=1S/C9H20N2O/c1-6(2)7(11-10)8(12)9(3,4)5/h6-7,11H,10H2,1-5H3/t7-/m0/s1. The monoisotopic (exact) mass is 172 g/mol. The molecule has 0 bridgehead atoms. The molecule has 0 aromatic carbocycles. The summed E-state index contributed by atoms with van der Waals surface area (Å²) in [5.41, 5.74) is 2.24. The van der Waals surface area contributed by atoms with Crippen LogP contribution in [0.5, 0.6) is 0 Å². The van der Waals surface area contributed by atoms with E-state index < -0.39 is 0 Å². The number of Topliss-reactive ketones (excluding diaryl/α,β-unsaturated/α-hetero) is 1. The lowest BCUT2D eigenvalue weighted by Crippen LogP contribution is -2.49. The fraction of sp³-hybridized carbons (Fsp3) is 0.889. The second-order valence-corrected chi connectivity index (χ2v) is 4.50. The number of hydrazine groups is 1. The van der Waals surface area contributed by atoms with Crippen LogP contribution in [0.25, 0.3) is 0 Å². The van der Waals surface area contributed by atoms with E-state index >= 15 is 0 Å². The Bertz CT molecular complexity index is 158. The van der Waals surface area contributed by atoms with Gasteiger partial charge in [-0.15, -0.1) is 0 Å². The highest BCUT2D eigenvalue weighted by Gasteiger charge is 2.30. The maximum Gasteiger partial charge on any atom is 0.156 e. The zero-order chi connectivity index (χ0) is 9.94. The molecule has 3 N–H and O–H groups in total. The Hall–Kier alpha value is -0.410. The summed E-state index contributed by atoms with van der Waals surface area (Å²) in [5.74, 6) is 5.70. The predicted octanol–water partition coefficient (Wildman–Crippen LogP) is 1.09. The van der Waals surface area contributed by atoms with Crippen LogP contribution in [0, 0.1) is 11.3 Å². The molecule has 0 rings (SSSR count). The Balaban J connectivity index is 4.44. The first kappa shape index (κ1) is 11.6. The third kappa shape index (κ3) is 2.91. The molecule has 0 radical (unpaired) electrons. The van der Waals surface area contributed by atoms with Crippen LogP contribution in [-0.2, 0) is 4.79 Å². The first-order chi connectivity index (χ1) is 5.30. The van der Waals surface area contributed by atoms with Crippen LogP contribution in [0.2, 0.25) is 0 Å². The maximum absolute atomic E-state index is 11.7. The van der Waals surface area contributed by atoms with Gasteiger partial charge in [0.15, 0.2) is 5.78 Å². The van der Waals surface area contributed by atoms with Crippen LogP contribution in [0.4, 0.5) is 0 Å². The molecule has 0 aliphatic heterocycles. The van der Waals surface area contributed by atoms with E-state index in [9.17, 15) is 4.79 Å². The maximum atomic E-state index is 11.7. The normalized spacial score (nSPS) is 14.9. The van der Waals surface area contributed by atoms with E-state index in [0.29, 0.717) is 0 Å². The Morgan fingerprint density at radius 3 is 1.83 bits per heavy atom. The van der Waals surface area contributed by atoms with Crippen molar-refractivity contribution in [2.45, 2.75) is 40.7 Å². The molecular formula is C9H20N2O. The molecule has 0 aliphatic rings. The number of nitrogens with one attached hydrogen (secondary N) is 1. The third-order valence-electron chi connectivity index (χ3n) is 1.87. The molecule has 3 nitrogen and oxygen atoms in total. The fourth-order valence-electron chi connectivity index (χ4n) is 1.04. The highest BCUT2D eigenvalue weighted by molar-refractivity contribution is 5.88.